The lowest BCUT2D eigenvalue weighted by atomic mass is 10.3. The maximum atomic E-state index is 11.2. The molecule has 1 aromatic rings. The topological polar surface area (TPSA) is 98.2 Å². The van der Waals surface area contributed by atoms with Crippen molar-refractivity contribution in [2.24, 2.45) is 5.14 Å². The number of thioether (sulfide) groups is 1. The van der Waals surface area contributed by atoms with Crippen LogP contribution >= 0.6 is 11.8 Å². The molecule has 96 valence electrons. The van der Waals surface area contributed by atoms with E-state index in [2.05, 4.69) is 12.2 Å². The summed E-state index contributed by atoms with van der Waals surface area (Å²) >= 11 is 1.75. The Balaban J connectivity index is 2.83. The van der Waals surface area contributed by atoms with Crippen molar-refractivity contribution in [3.05, 3.63) is 18.2 Å². The third kappa shape index (κ3) is 4.10. The quantitative estimate of drug-likeness (QED) is 0.698. The standard InChI is InChI=1S/C10H17N3O2S2/c1-7(16-2)6-13-8-3-4-10(9(11)5-8)17(12,14)15/h3-5,7,13H,6,11H2,1-2H3,(H2,12,14,15). The molecule has 0 spiro atoms. The molecule has 5 nitrogen and oxygen atoms in total. The largest absolute Gasteiger partial charge is 0.398 e. The second-order valence-corrected chi connectivity index (χ2v) is 6.53. The van der Waals surface area contributed by atoms with Crippen LogP contribution in [-0.4, -0.2) is 26.5 Å². The second kappa shape index (κ2) is 5.61. The highest BCUT2D eigenvalue weighted by atomic mass is 32.2. The number of nitrogens with two attached hydrogens (primary N) is 2. The maximum Gasteiger partial charge on any atom is 0.240 e. The Hall–Kier alpha value is -0.920. The van der Waals surface area contributed by atoms with Gasteiger partial charge in [0.1, 0.15) is 4.90 Å². The molecule has 0 heterocycles. The van der Waals surface area contributed by atoms with Gasteiger partial charge in [-0.05, 0) is 24.5 Å². The molecule has 0 aromatic heterocycles. The van der Waals surface area contributed by atoms with E-state index in [1.807, 2.05) is 6.26 Å². The van der Waals surface area contributed by atoms with Crippen molar-refractivity contribution in [2.45, 2.75) is 17.1 Å². The number of hydrogen-bond donors (Lipinski definition) is 3. The smallest absolute Gasteiger partial charge is 0.240 e. The van der Waals surface area contributed by atoms with Crippen LogP contribution in [-0.2, 0) is 10.0 Å². The molecule has 0 aliphatic heterocycles. The van der Waals surface area contributed by atoms with Crippen LogP contribution in [0.5, 0.6) is 0 Å². The van der Waals surface area contributed by atoms with Crippen LogP contribution in [0.1, 0.15) is 6.92 Å². The van der Waals surface area contributed by atoms with E-state index < -0.39 is 10.0 Å². The van der Waals surface area contributed by atoms with E-state index in [-0.39, 0.29) is 10.6 Å². The van der Waals surface area contributed by atoms with Gasteiger partial charge in [-0.3, -0.25) is 0 Å². The maximum absolute atomic E-state index is 11.2. The second-order valence-electron chi connectivity index (χ2n) is 3.72. The zero-order valence-electron chi connectivity index (χ0n) is 9.80. The van der Waals surface area contributed by atoms with Crippen molar-refractivity contribution in [1.82, 2.24) is 0 Å². The van der Waals surface area contributed by atoms with Gasteiger partial charge in [0.15, 0.2) is 0 Å². The SMILES string of the molecule is CSC(C)CNc1ccc(S(N)(=O)=O)c(N)c1. The van der Waals surface area contributed by atoms with Gasteiger partial charge in [-0.2, -0.15) is 11.8 Å². The van der Waals surface area contributed by atoms with Gasteiger partial charge in [-0.25, -0.2) is 13.6 Å². The lowest BCUT2D eigenvalue weighted by Gasteiger charge is -2.12. The van der Waals surface area contributed by atoms with Gasteiger partial charge in [0.05, 0.1) is 5.69 Å². The molecule has 17 heavy (non-hydrogen) atoms. The van der Waals surface area contributed by atoms with Crippen LogP contribution in [0.3, 0.4) is 0 Å². The highest BCUT2D eigenvalue weighted by Crippen LogP contribution is 2.21. The van der Waals surface area contributed by atoms with Crippen molar-refractivity contribution < 1.29 is 8.42 Å². The van der Waals surface area contributed by atoms with Crippen LogP contribution < -0.4 is 16.2 Å². The minimum absolute atomic E-state index is 0.0408. The van der Waals surface area contributed by atoms with E-state index in [9.17, 15) is 8.42 Å². The van der Waals surface area contributed by atoms with Crippen LogP contribution in [0.25, 0.3) is 0 Å². The lowest BCUT2D eigenvalue weighted by Crippen LogP contribution is -2.15. The van der Waals surface area contributed by atoms with Gasteiger partial charge >= 0.3 is 0 Å². The molecular weight excluding hydrogens is 258 g/mol. The number of nitrogens with one attached hydrogen (secondary N) is 1. The number of hydrogen-bond acceptors (Lipinski definition) is 5. The molecule has 1 unspecified atom stereocenters. The fourth-order valence-corrected chi connectivity index (χ4v) is 2.16. The Morgan fingerprint density at radius 1 is 1.47 bits per heavy atom. The molecular formula is C10H17N3O2S2. The zero-order valence-corrected chi connectivity index (χ0v) is 11.4. The van der Waals surface area contributed by atoms with Gasteiger partial charge < -0.3 is 11.1 Å². The van der Waals surface area contributed by atoms with Gasteiger partial charge in [0, 0.05) is 17.5 Å². The summed E-state index contributed by atoms with van der Waals surface area (Å²) in [4.78, 5) is -0.0408. The van der Waals surface area contributed by atoms with Crippen LogP contribution in [0.2, 0.25) is 0 Å². The first-order valence-electron chi connectivity index (χ1n) is 5.03. The zero-order chi connectivity index (χ0) is 13.1. The molecule has 0 aliphatic carbocycles. The molecule has 0 fully saturated rings. The van der Waals surface area contributed by atoms with Crippen molar-refractivity contribution >= 4 is 33.2 Å². The van der Waals surface area contributed by atoms with E-state index in [1.165, 1.54) is 6.07 Å². The molecule has 0 aliphatic rings. The summed E-state index contributed by atoms with van der Waals surface area (Å²) in [5, 5.41) is 8.67. The van der Waals surface area contributed by atoms with Crippen molar-refractivity contribution in [3.63, 3.8) is 0 Å². The van der Waals surface area contributed by atoms with Crippen molar-refractivity contribution in [3.8, 4) is 0 Å². The number of sulfonamides is 1. The number of rotatable bonds is 5. The van der Waals surface area contributed by atoms with E-state index in [0.717, 1.165) is 12.2 Å². The number of anilines is 2. The average Bonchev–Trinajstić information content (AvgIpc) is 2.24. The molecule has 0 amide bonds. The minimum atomic E-state index is -3.74. The predicted octanol–water partition coefficient (Wildman–Crippen LogP) is 1.08. The fraction of sp³-hybridized carbons (Fsp3) is 0.400. The van der Waals surface area contributed by atoms with E-state index in [1.54, 1.807) is 23.9 Å². The fourth-order valence-electron chi connectivity index (χ4n) is 1.26. The monoisotopic (exact) mass is 275 g/mol. The first-order valence-corrected chi connectivity index (χ1v) is 7.87. The van der Waals surface area contributed by atoms with Crippen LogP contribution in [0, 0.1) is 0 Å². The summed E-state index contributed by atoms with van der Waals surface area (Å²) in [5.74, 6) is 0. The Morgan fingerprint density at radius 2 is 2.12 bits per heavy atom. The summed E-state index contributed by atoms with van der Waals surface area (Å²) in [6, 6.07) is 4.65. The minimum Gasteiger partial charge on any atom is -0.398 e. The molecule has 0 bridgehead atoms. The highest BCUT2D eigenvalue weighted by Gasteiger charge is 2.12. The molecule has 7 heteroatoms. The Bertz CT molecular complexity index is 488. The molecule has 0 saturated carbocycles. The molecule has 1 rings (SSSR count). The third-order valence-electron chi connectivity index (χ3n) is 2.31. The Labute approximate surface area is 106 Å². The number of benzene rings is 1. The van der Waals surface area contributed by atoms with E-state index >= 15 is 0 Å². The van der Waals surface area contributed by atoms with E-state index in [0.29, 0.717) is 5.25 Å². The van der Waals surface area contributed by atoms with E-state index in [4.69, 9.17) is 10.9 Å². The molecule has 0 radical (unpaired) electrons. The first-order chi connectivity index (χ1) is 7.84. The first kappa shape index (κ1) is 14.1. The normalized spacial score (nSPS) is 13.4. The summed E-state index contributed by atoms with van der Waals surface area (Å²) in [5.41, 5.74) is 6.59. The van der Waals surface area contributed by atoms with Crippen LogP contribution in [0.4, 0.5) is 11.4 Å². The van der Waals surface area contributed by atoms with Gasteiger partial charge in [-0.15, -0.1) is 0 Å². The molecule has 0 saturated heterocycles. The molecule has 1 atom stereocenters. The van der Waals surface area contributed by atoms with Crippen molar-refractivity contribution in [1.29, 1.82) is 0 Å². The number of primary sulfonamides is 1. The van der Waals surface area contributed by atoms with Gasteiger partial charge in [-0.1, -0.05) is 6.92 Å². The predicted molar refractivity (Wildman–Crippen MR) is 73.7 cm³/mol. The molecule has 5 N–H and O–H groups in total. The lowest BCUT2D eigenvalue weighted by molar-refractivity contribution is 0.598. The summed E-state index contributed by atoms with van der Waals surface area (Å²) < 4.78 is 22.3. The van der Waals surface area contributed by atoms with Gasteiger partial charge in [0.25, 0.3) is 0 Å². The van der Waals surface area contributed by atoms with Crippen LogP contribution in [0.15, 0.2) is 23.1 Å². The average molecular weight is 275 g/mol. The van der Waals surface area contributed by atoms with Crippen molar-refractivity contribution in [2.75, 3.05) is 23.9 Å². The summed E-state index contributed by atoms with van der Waals surface area (Å²) in [6.07, 6.45) is 2.03. The number of nitrogen functional groups attached to an aromatic ring is 1. The molecule has 1 aromatic carbocycles. The third-order valence-corrected chi connectivity index (χ3v) is 4.27. The summed E-state index contributed by atoms with van der Waals surface area (Å²) in [6.45, 7) is 2.88. The highest BCUT2D eigenvalue weighted by molar-refractivity contribution is 7.99. The van der Waals surface area contributed by atoms with Gasteiger partial charge in [0.2, 0.25) is 10.0 Å². The Morgan fingerprint density at radius 3 is 2.59 bits per heavy atom. The Kier molecular flexibility index (Phi) is 4.67. The summed E-state index contributed by atoms with van der Waals surface area (Å²) in [7, 11) is -3.74.